The molecule has 2 aromatic rings. The lowest BCUT2D eigenvalue weighted by atomic mass is 10.1. The first-order valence-electron chi connectivity index (χ1n) is 5.58. The molecule has 0 amide bonds. The van der Waals surface area contributed by atoms with Crippen molar-refractivity contribution in [3.05, 3.63) is 65.5 Å². The van der Waals surface area contributed by atoms with Crippen molar-refractivity contribution >= 4 is 11.2 Å². The summed E-state index contributed by atoms with van der Waals surface area (Å²) in [6.45, 7) is 0. The molecule has 2 aromatic carbocycles. The molecule has 0 fully saturated rings. The molecule has 105 valence electrons. The molecule has 0 heterocycles. The summed E-state index contributed by atoms with van der Waals surface area (Å²) < 4.78 is 63.1. The van der Waals surface area contributed by atoms with E-state index in [0.717, 1.165) is 18.2 Å². The summed E-state index contributed by atoms with van der Waals surface area (Å²) in [7, 11) is 0. The lowest BCUT2D eigenvalue weighted by molar-refractivity contribution is -0.138. The van der Waals surface area contributed by atoms with E-state index in [9.17, 15) is 22.1 Å². The first-order chi connectivity index (χ1) is 9.38. The van der Waals surface area contributed by atoms with Crippen LogP contribution in [0.5, 0.6) is 0 Å². The number of rotatable bonds is 3. The number of alkyl halides is 3. The largest absolute Gasteiger partial charge is 0.611 e. The van der Waals surface area contributed by atoms with Gasteiger partial charge in [-0.3, -0.25) is 0 Å². The van der Waals surface area contributed by atoms with Gasteiger partial charge in [0.05, 0.1) is 5.56 Å². The summed E-state index contributed by atoms with van der Waals surface area (Å²) in [5, 5.41) is 0. The zero-order valence-corrected chi connectivity index (χ0v) is 10.9. The molecule has 1 radical (unpaired) electrons. The van der Waals surface area contributed by atoms with Crippen molar-refractivity contribution in [3.63, 3.8) is 0 Å². The Morgan fingerprint density at radius 2 is 1.75 bits per heavy atom. The van der Waals surface area contributed by atoms with E-state index in [4.69, 9.17) is 0 Å². The second kappa shape index (κ2) is 5.85. The van der Waals surface area contributed by atoms with Gasteiger partial charge in [0.15, 0.2) is 4.90 Å². The van der Waals surface area contributed by atoms with Gasteiger partial charge in [-0.2, -0.15) is 13.2 Å². The summed E-state index contributed by atoms with van der Waals surface area (Å²) in [4.78, 5) is 0.281. The smallest absolute Gasteiger partial charge is 0.417 e. The molecule has 1 unspecified atom stereocenters. The van der Waals surface area contributed by atoms with Gasteiger partial charge in [-0.25, -0.2) is 4.39 Å². The van der Waals surface area contributed by atoms with Crippen molar-refractivity contribution < 1.29 is 22.1 Å². The van der Waals surface area contributed by atoms with Gasteiger partial charge < -0.3 is 4.55 Å². The fourth-order valence-corrected chi connectivity index (χ4v) is 2.80. The normalized spacial score (nSPS) is 13.2. The van der Waals surface area contributed by atoms with E-state index in [1.54, 1.807) is 0 Å². The Labute approximate surface area is 116 Å². The molecule has 0 saturated heterocycles. The number of halogens is 4. The molecule has 0 saturated carbocycles. The summed E-state index contributed by atoms with van der Waals surface area (Å²) in [5.41, 5.74) is -1.02. The summed E-state index contributed by atoms with van der Waals surface area (Å²) in [6.07, 6.45) is -4.54. The van der Waals surface area contributed by atoms with Crippen LogP contribution < -0.4 is 0 Å². The maximum absolute atomic E-state index is 12.8. The highest BCUT2D eigenvalue weighted by atomic mass is 32.2. The lowest BCUT2D eigenvalue weighted by Crippen LogP contribution is -2.13. The van der Waals surface area contributed by atoms with Gasteiger partial charge in [-0.1, -0.05) is 18.2 Å². The Kier molecular flexibility index (Phi) is 4.35. The molecule has 20 heavy (non-hydrogen) atoms. The SMILES string of the molecule is [O-][S+](Cc1ccc[c]c1C(F)(F)F)c1ccc(F)cc1. The quantitative estimate of drug-likeness (QED) is 0.622. The molecule has 1 atom stereocenters. The predicted molar refractivity (Wildman–Crippen MR) is 66.8 cm³/mol. The van der Waals surface area contributed by atoms with Crippen LogP contribution in [0.25, 0.3) is 0 Å². The first kappa shape index (κ1) is 14.9. The maximum Gasteiger partial charge on any atom is 0.417 e. The van der Waals surface area contributed by atoms with Crippen LogP contribution in [0.15, 0.2) is 47.4 Å². The van der Waals surface area contributed by atoms with E-state index >= 15 is 0 Å². The van der Waals surface area contributed by atoms with E-state index in [1.807, 2.05) is 0 Å². The topological polar surface area (TPSA) is 23.1 Å². The van der Waals surface area contributed by atoms with E-state index in [0.29, 0.717) is 0 Å². The Morgan fingerprint density at radius 1 is 1.10 bits per heavy atom. The molecule has 0 aliphatic rings. The van der Waals surface area contributed by atoms with Crippen LogP contribution in [0.1, 0.15) is 11.1 Å². The van der Waals surface area contributed by atoms with Gasteiger partial charge in [0.25, 0.3) is 0 Å². The van der Waals surface area contributed by atoms with E-state index in [-0.39, 0.29) is 16.2 Å². The van der Waals surface area contributed by atoms with Gasteiger partial charge in [0, 0.05) is 5.56 Å². The Morgan fingerprint density at radius 3 is 2.35 bits per heavy atom. The minimum atomic E-state index is -4.54. The van der Waals surface area contributed by atoms with Crippen molar-refractivity contribution in [2.75, 3.05) is 0 Å². The van der Waals surface area contributed by atoms with E-state index < -0.39 is 28.7 Å². The molecular formula is C14H9F4OS. The third-order valence-electron chi connectivity index (χ3n) is 2.59. The monoisotopic (exact) mass is 301 g/mol. The van der Waals surface area contributed by atoms with Crippen molar-refractivity contribution in [1.29, 1.82) is 0 Å². The van der Waals surface area contributed by atoms with Crippen molar-refractivity contribution in [2.24, 2.45) is 0 Å². The average Bonchev–Trinajstić information content (AvgIpc) is 2.38. The molecular weight excluding hydrogens is 292 g/mol. The third-order valence-corrected chi connectivity index (χ3v) is 3.96. The van der Waals surface area contributed by atoms with Crippen LogP contribution >= 0.6 is 0 Å². The highest BCUT2D eigenvalue weighted by Gasteiger charge is 2.34. The molecule has 0 aliphatic heterocycles. The third kappa shape index (κ3) is 3.52. The van der Waals surface area contributed by atoms with Crippen LogP contribution in [0, 0.1) is 11.9 Å². The van der Waals surface area contributed by atoms with Gasteiger partial charge in [0.1, 0.15) is 11.6 Å². The summed E-state index contributed by atoms with van der Waals surface area (Å²) >= 11 is -1.67. The van der Waals surface area contributed by atoms with Crippen molar-refractivity contribution in [3.8, 4) is 0 Å². The molecule has 1 nitrogen and oxygen atoms in total. The second-order valence-electron chi connectivity index (χ2n) is 4.01. The predicted octanol–water partition coefficient (Wildman–Crippen LogP) is 3.95. The highest BCUT2D eigenvalue weighted by Crippen LogP contribution is 2.33. The molecule has 0 spiro atoms. The van der Waals surface area contributed by atoms with Crippen molar-refractivity contribution in [2.45, 2.75) is 16.8 Å². The van der Waals surface area contributed by atoms with Crippen LogP contribution in [-0.4, -0.2) is 4.55 Å². The zero-order chi connectivity index (χ0) is 14.8. The van der Waals surface area contributed by atoms with Crippen LogP contribution in [0.3, 0.4) is 0 Å². The number of benzene rings is 2. The molecule has 0 bridgehead atoms. The van der Waals surface area contributed by atoms with Gasteiger partial charge in [-0.05, 0) is 41.5 Å². The fraction of sp³-hybridized carbons (Fsp3) is 0.143. The fourth-order valence-electron chi connectivity index (χ4n) is 1.67. The molecule has 2 rings (SSSR count). The van der Waals surface area contributed by atoms with Crippen LogP contribution in [-0.2, 0) is 23.1 Å². The standard InChI is InChI=1S/C14H9F4OS/c15-11-5-7-12(8-6-11)20(19)9-10-3-1-2-4-13(10)14(16,17)18/h1-3,5-8H,9H2. The minimum absolute atomic E-state index is 0.0948. The van der Waals surface area contributed by atoms with Crippen molar-refractivity contribution in [1.82, 2.24) is 0 Å². The molecule has 0 N–H and O–H groups in total. The van der Waals surface area contributed by atoms with E-state index in [1.165, 1.54) is 24.3 Å². The second-order valence-corrected chi connectivity index (χ2v) is 5.46. The maximum atomic E-state index is 12.8. The van der Waals surface area contributed by atoms with Gasteiger partial charge in [0.2, 0.25) is 0 Å². The van der Waals surface area contributed by atoms with Crippen LogP contribution in [0.4, 0.5) is 17.6 Å². The lowest BCUT2D eigenvalue weighted by Gasteiger charge is -2.14. The van der Waals surface area contributed by atoms with Gasteiger partial charge in [-0.15, -0.1) is 0 Å². The van der Waals surface area contributed by atoms with E-state index in [2.05, 4.69) is 6.07 Å². The molecule has 6 heteroatoms. The number of hydrogen-bond donors (Lipinski definition) is 0. The number of hydrogen-bond acceptors (Lipinski definition) is 1. The first-order valence-corrected chi connectivity index (χ1v) is 6.90. The van der Waals surface area contributed by atoms with Crippen LogP contribution in [0.2, 0.25) is 0 Å². The summed E-state index contributed by atoms with van der Waals surface area (Å²) in [5.74, 6) is -0.785. The molecule has 0 aromatic heterocycles. The highest BCUT2D eigenvalue weighted by molar-refractivity contribution is 7.90. The zero-order valence-electron chi connectivity index (χ0n) is 10.1. The Balaban J connectivity index is 2.24. The Bertz CT molecular complexity index is 580. The minimum Gasteiger partial charge on any atom is -0.611 e. The van der Waals surface area contributed by atoms with Gasteiger partial charge >= 0.3 is 6.18 Å². The molecule has 0 aliphatic carbocycles. The average molecular weight is 301 g/mol. The Hall–Kier alpha value is -1.53. The summed E-state index contributed by atoms with van der Waals surface area (Å²) in [6, 6.07) is 10.8.